The molecule has 1 aromatic heterocycles. The summed E-state index contributed by atoms with van der Waals surface area (Å²) in [7, 11) is -1.15. The molecule has 3 rings (SSSR count). The maximum absolute atomic E-state index is 12.5. The number of carboxylic acid groups (broad SMARTS) is 1. The zero-order valence-electron chi connectivity index (χ0n) is 11.3. The van der Waals surface area contributed by atoms with Crippen molar-refractivity contribution in [3.63, 3.8) is 0 Å². The number of hydrogen-bond donors (Lipinski definition) is 3. The van der Waals surface area contributed by atoms with E-state index in [0.717, 1.165) is 30.6 Å². The van der Waals surface area contributed by atoms with Gasteiger partial charge in [0.2, 0.25) is 5.95 Å². The number of nitrogens with zero attached hydrogens (tertiary/aromatic N) is 1. The van der Waals surface area contributed by atoms with Gasteiger partial charge in [-0.05, 0) is 43.9 Å². The number of carbonyl (C=O) groups is 1. The first-order valence-electron chi connectivity index (χ1n) is 6.74. The molecule has 0 saturated carbocycles. The molecule has 110 valence electrons. The fraction of sp³-hybridized carbons (Fsp3) is 0.286. The van der Waals surface area contributed by atoms with Gasteiger partial charge in [-0.15, -0.1) is 0 Å². The lowest BCUT2D eigenvalue weighted by molar-refractivity contribution is 0.209. The number of rotatable bonds is 3. The van der Waals surface area contributed by atoms with Gasteiger partial charge >= 0.3 is 6.09 Å². The van der Waals surface area contributed by atoms with E-state index >= 15 is 0 Å². The molecule has 0 saturated heterocycles. The van der Waals surface area contributed by atoms with Crippen LogP contribution in [-0.4, -0.2) is 25.4 Å². The van der Waals surface area contributed by atoms with Crippen molar-refractivity contribution < 1.29 is 14.1 Å². The number of fused-ring (bicyclic) bond motifs is 1. The van der Waals surface area contributed by atoms with Crippen LogP contribution in [-0.2, 0) is 10.8 Å². The third kappa shape index (κ3) is 2.97. The number of nitrogens with one attached hydrogen (secondary N) is 2. The number of amides is 1. The largest absolute Gasteiger partial charge is 0.465 e. The minimum absolute atomic E-state index is 0.164. The first-order chi connectivity index (χ1) is 10.1. The van der Waals surface area contributed by atoms with Gasteiger partial charge in [-0.25, -0.2) is 14.0 Å². The topological polar surface area (TPSA) is 95.1 Å². The Balaban J connectivity index is 1.91. The molecular weight excluding hydrogens is 290 g/mol. The number of imidazole rings is 1. The number of anilines is 1. The zero-order chi connectivity index (χ0) is 14.8. The molecule has 0 bridgehead atoms. The van der Waals surface area contributed by atoms with Gasteiger partial charge in [0.15, 0.2) is 0 Å². The molecule has 1 unspecified atom stereocenters. The van der Waals surface area contributed by atoms with E-state index in [1.165, 1.54) is 0 Å². The van der Waals surface area contributed by atoms with Gasteiger partial charge in [0.25, 0.3) is 0 Å². The van der Waals surface area contributed by atoms with Crippen LogP contribution in [0.3, 0.4) is 0 Å². The summed E-state index contributed by atoms with van der Waals surface area (Å²) >= 11 is 0. The second-order valence-electron chi connectivity index (χ2n) is 4.88. The van der Waals surface area contributed by atoms with Crippen molar-refractivity contribution in [3.8, 4) is 0 Å². The Morgan fingerprint density at radius 3 is 2.95 bits per heavy atom. The Bertz CT molecular complexity index is 751. The van der Waals surface area contributed by atoms with E-state index < -0.39 is 16.9 Å². The van der Waals surface area contributed by atoms with Crippen molar-refractivity contribution in [2.24, 2.45) is 0 Å². The molecule has 1 atom stereocenters. The second-order valence-corrected chi connectivity index (χ2v) is 6.41. The molecule has 0 fully saturated rings. The van der Waals surface area contributed by atoms with E-state index in [1.54, 1.807) is 18.2 Å². The normalized spacial score (nSPS) is 16.5. The lowest BCUT2D eigenvalue weighted by Gasteiger charge is -2.12. The van der Waals surface area contributed by atoms with Crippen molar-refractivity contribution in [1.29, 1.82) is 0 Å². The molecular formula is C14H15N3O3S. The summed E-state index contributed by atoms with van der Waals surface area (Å²) in [5, 5.41) is 10.8. The number of aromatic amines is 1. The third-order valence-corrected chi connectivity index (χ3v) is 4.91. The standard InChI is InChI=1S/C14H15N3O3S/c18-14(19)17-13-15-11-7-6-10(8-12(11)16-13)21(20)9-4-2-1-3-5-9/h4,6-8H,1-3,5H2,(H,18,19)(H2,15,16,17). The van der Waals surface area contributed by atoms with Gasteiger partial charge in [0.05, 0.1) is 21.8 Å². The van der Waals surface area contributed by atoms with Gasteiger partial charge in [0.1, 0.15) is 0 Å². The van der Waals surface area contributed by atoms with E-state index in [2.05, 4.69) is 21.4 Å². The molecule has 21 heavy (non-hydrogen) atoms. The van der Waals surface area contributed by atoms with Crippen LogP contribution < -0.4 is 5.32 Å². The summed E-state index contributed by atoms with van der Waals surface area (Å²) in [6, 6.07) is 5.29. The van der Waals surface area contributed by atoms with Gasteiger partial charge < -0.3 is 10.1 Å². The molecule has 1 aliphatic rings. The van der Waals surface area contributed by atoms with Crippen LogP contribution in [0.5, 0.6) is 0 Å². The van der Waals surface area contributed by atoms with Crippen LogP contribution in [0, 0.1) is 0 Å². The fourth-order valence-electron chi connectivity index (χ4n) is 2.39. The van der Waals surface area contributed by atoms with Crippen LogP contribution in [0.25, 0.3) is 11.0 Å². The van der Waals surface area contributed by atoms with Crippen molar-refractivity contribution in [1.82, 2.24) is 9.97 Å². The van der Waals surface area contributed by atoms with Crippen LogP contribution in [0.1, 0.15) is 25.7 Å². The number of H-pyrrole nitrogens is 1. The SMILES string of the molecule is O=C(O)Nc1nc2ccc(S(=O)C3=CCCCC3)cc2[nH]1. The highest BCUT2D eigenvalue weighted by molar-refractivity contribution is 7.89. The molecule has 1 aromatic carbocycles. The number of benzene rings is 1. The van der Waals surface area contributed by atoms with Crippen molar-refractivity contribution >= 4 is 33.9 Å². The van der Waals surface area contributed by atoms with E-state index in [4.69, 9.17) is 5.11 Å². The summed E-state index contributed by atoms with van der Waals surface area (Å²) in [6.45, 7) is 0. The Hall–Kier alpha value is -2.15. The summed E-state index contributed by atoms with van der Waals surface area (Å²) in [5.41, 5.74) is 1.30. The predicted octanol–water partition coefficient (Wildman–Crippen LogP) is 3.22. The lowest BCUT2D eigenvalue weighted by atomic mass is 10.1. The average Bonchev–Trinajstić information content (AvgIpc) is 2.87. The van der Waals surface area contributed by atoms with Crippen LogP contribution >= 0.6 is 0 Å². The highest BCUT2D eigenvalue weighted by Crippen LogP contribution is 2.26. The van der Waals surface area contributed by atoms with Crippen LogP contribution in [0.4, 0.5) is 10.7 Å². The molecule has 0 aliphatic heterocycles. The van der Waals surface area contributed by atoms with E-state index in [0.29, 0.717) is 15.9 Å². The minimum atomic E-state index is -1.18. The fourth-order valence-corrected chi connectivity index (χ4v) is 3.71. The Kier molecular flexibility index (Phi) is 3.74. The van der Waals surface area contributed by atoms with Gasteiger partial charge in [-0.2, -0.15) is 0 Å². The van der Waals surface area contributed by atoms with Gasteiger partial charge in [-0.1, -0.05) is 6.08 Å². The monoisotopic (exact) mass is 305 g/mol. The Labute approximate surface area is 123 Å². The van der Waals surface area contributed by atoms with Crippen molar-refractivity contribution in [2.45, 2.75) is 30.6 Å². The van der Waals surface area contributed by atoms with Crippen LogP contribution in [0.2, 0.25) is 0 Å². The summed E-state index contributed by atoms with van der Waals surface area (Å²) in [4.78, 5) is 19.3. The molecule has 0 spiro atoms. The van der Waals surface area contributed by atoms with E-state index in [9.17, 15) is 9.00 Å². The maximum atomic E-state index is 12.5. The van der Waals surface area contributed by atoms with Crippen LogP contribution in [0.15, 0.2) is 34.1 Å². The van der Waals surface area contributed by atoms with Crippen molar-refractivity contribution in [3.05, 3.63) is 29.2 Å². The first-order valence-corrected chi connectivity index (χ1v) is 7.89. The number of aromatic nitrogens is 2. The Morgan fingerprint density at radius 2 is 2.24 bits per heavy atom. The second kappa shape index (κ2) is 5.69. The van der Waals surface area contributed by atoms with Gasteiger partial charge in [-0.3, -0.25) is 5.32 Å². The first kappa shape index (κ1) is 13.8. The highest BCUT2D eigenvalue weighted by atomic mass is 32.2. The predicted molar refractivity (Wildman–Crippen MR) is 80.7 cm³/mol. The number of allylic oxidation sites excluding steroid dienone is 2. The Morgan fingerprint density at radius 1 is 1.38 bits per heavy atom. The van der Waals surface area contributed by atoms with Gasteiger partial charge in [0, 0.05) is 9.80 Å². The highest BCUT2D eigenvalue weighted by Gasteiger charge is 2.14. The quantitative estimate of drug-likeness (QED) is 0.811. The third-order valence-electron chi connectivity index (χ3n) is 3.38. The molecule has 1 amide bonds. The number of hydrogen-bond acceptors (Lipinski definition) is 3. The molecule has 2 aromatic rings. The summed E-state index contributed by atoms with van der Waals surface area (Å²) < 4.78 is 12.5. The zero-order valence-corrected chi connectivity index (χ0v) is 12.1. The van der Waals surface area contributed by atoms with E-state index in [-0.39, 0.29) is 5.95 Å². The molecule has 1 heterocycles. The smallest absolute Gasteiger partial charge is 0.411 e. The maximum Gasteiger partial charge on any atom is 0.411 e. The molecule has 1 aliphatic carbocycles. The molecule has 6 nitrogen and oxygen atoms in total. The molecule has 0 radical (unpaired) electrons. The lowest BCUT2D eigenvalue weighted by Crippen LogP contribution is -2.08. The van der Waals surface area contributed by atoms with Crippen molar-refractivity contribution in [2.75, 3.05) is 5.32 Å². The average molecular weight is 305 g/mol. The minimum Gasteiger partial charge on any atom is -0.465 e. The molecule has 7 heteroatoms. The summed E-state index contributed by atoms with van der Waals surface area (Å²) in [6.07, 6.45) is 4.99. The molecule has 3 N–H and O–H groups in total. The summed E-state index contributed by atoms with van der Waals surface area (Å²) in [5.74, 6) is 0.164. The van der Waals surface area contributed by atoms with E-state index in [1.807, 2.05) is 0 Å².